The molecule has 0 aliphatic heterocycles. The second kappa shape index (κ2) is 5.81. The molecular formula is C15H12BrN3S. The number of nitrogens with one attached hydrogen (secondary N) is 1. The Morgan fingerprint density at radius 2 is 1.75 bits per heavy atom. The van der Waals surface area contributed by atoms with Gasteiger partial charge in [-0.25, -0.2) is 9.97 Å². The maximum Gasteiger partial charge on any atom is 0.224 e. The summed E-state index contributed by atoms with van der Waals surface area (Å²) in [5.41, 5.74) is 0.946. The van der Waals surface area contributed by atoms with Gasteiger partial charge in [-0.3, -0.25) is 0 Å². The number of fused-ring (bicyclic) bond motifs is 1. The van der Waals surface area contributed by atoms with Gasteiger partial charge in [0.15, 0.2) is 0 Å². The van der Waals surface area contributed by atoms with Crippen LogP contribution >= 0.6 is 27.7 Å². The van der Waals surface area contributed by atoms with Gasteiger partial charge >= 0.3 is 0 Å². The lowest BCUT2D eigenvalue weighted by Gasteiger charge is -2.08. The molecule has 0 amide bonds. The highest BCUT2D eigenvalue weighted by Crippen LogP contribution is 2.35. The zero-order chi connectivity index (χ0) is 13.9. The fourth-order valence-corrected chi connectivity index (χ4v) is 3.33. The van der Waals surface area contributed by atoms with Gasteiger partial charge in [-0.15, -0.1) is 0 Å². The molecule has 0 saturated heterocycles. The van der Waals surface area contributed by atoms with Crippen molar-refractivity contribution in [2.45, 2.75) is 9.92 Å². The van der Waals surface area contributed by atoms with Crippen LogP contribution in [0.4, 0.5) is 5.95 Å². The van der Waals surface area contributed by atoms with Crippen molar-refractivity contribution in [1.82, 2.24) is 9.97 Å². The summed E-state index contributed by atoms with van der Waals surface area (Å²) in [6, 6.07) is 16.2. The lowest BCUT2D eigenvalue weighted by Crippen LogP contribution is -1.98. The van der Waals surface area contributed by atoms with E-state index in [9.17, 15) is 0 Å². The number of para-hydroxylation sites is 1. The number of benzene rings is 2. The average molecular weight is 346 g/mol. The number of hydrogen-bond acceptors (Lipinski definition) is 4. The molecule has 2 aromatic carbocycles. The molecule has 1 heterocycles. The Kier molecular flexibility index (Phi) is 3.89. The predicted octanol–water partition coefficient (Wildman–Crippen LogP) is 4.59. The van der Waals surface area contributed by atoms with Crippen LogP contribution in [0.1, 0.15) is 0 Å². The molecule has 0 bridgehead atoms. The fraction of sp³-hybridized carbons (Fsp3) is 0.0667. The first-order valence-electron chi connectivity index (χ1n) is 6.15. The van der Waals surface area contributed by atoms with E-state index in [1.807, 2.05) is 49.5 Å². The third-order valence-corrected chi connectivity index (χ3v) is 4.87. The van der Waals surface area contributed by atoms with Gasteiger partial charge in [0, 0.05) is 21.8 Å². The Morgan fingerprint density at radius 3 is 2.55 bits per heavy atom. The Morgan fingerprint density at radius 1 is 1.00 bits per heavy atom. The zero-order valence-electron chi connectivity index (χ0n) is 10.8. The summed E-state index contributed by atoms with van der Waals surface area (Å²) in [7, 11) is 1.83. The van der Waals surface area contributed by atoms with Gasteiger partial charge in [0.25, 0.3) is 0 Å². The highest BCUT2D eigenvalue weighted by atomic mass is 79.9. The van der Waals surface area contributed by atoms with Crippen LogP contribution in [0.25, 0.3) is 10.9 Å². The first-order chi connectivity index (χ1) is 9.78. The van der Waals surface area contributed by atoms with Gasteiger partial charge < -0.3 is 5.32 Å². The molecule has 3 aromatic rings. The first kappa shape index (κ1) is 13.4. The SMILES string of the molecule is CNc1nc(Sc2ccccc2Br)c2ccccc2n1. The summed E-state index contributed by atoms with van der Waals surface area (Å²) in [5, 5.41) is 5.03. The molecule has 0 atom stereocenters. The van der Waals surface area contributed by atoms with Gasteiger partial charge in [-0.2, -0.15) is 0 Å². The summed E-state index contributed by atoms with van der Waals surface area (Å²) in [5.74, 6) is 0.637. The molecule has 3 nitrogen and oxygen atoms in total. The number of halogens is 1. The quantitative estimate of drug-likeness (QED) is 0.704. The molecule has 0 radical (unpaired) electrons. The summed E-state index contributed by atoms with van der Waals surface area (Å²) in [4.78, 5) is 10.2. The van der Waals surface area contributed by atoms with Gasteiger partial charge in [0.2, 0.25) is 5.95 Å². The van der Waals surface area contributed by atoms with E-state index >= 15 is 0 Å². The molecule has 1 N–H and O–H groups in total. The number of rotatable bonds is 3. The van der Waals surface area contributed by atoms with E-state index in [1.54, 1.807) is 11.8 Å². The monoisotopic (exact) mass is 345 g/mol. The normalized spacial score (nSPS) is 10.7. The molecule has 0 saturated carbocycles. The maximum atomic E-state index is 4.58. The summed E-state index contributed by atoms with van der Waals surface area (Å²) in [6.45, 7) is 0. The van der Waals surface area contributed by atoms with E-state index < -0.39 is 0 Å². The third kappa shape index (κ3) is 2.64. The van der Waals surface area contributed by atoms with Crippen molar-refractivity contribution in [2.75, 3.05) is 12.4 Å². The number of anilines is 1. The van der Waals surface area contributed by atoms with E-state index in [0.717, 1.165) is 25.3 Å². The van der Waals surface area contributed by atoms with Crippen molar-refractivity contribution in [3.05, 3.63) is 53.0 Å². The van der Waals surface area contributed by atoms with Crippen molar-refractivity contribution in [2.24, 2.45) is 0 Å². The van der Waals surface area contributed by atoms with Crippen molar-refractivity contribution >= 4 is 44.5 Å². The van der Waals surface area contributed by atoms with Crippen LogP contribution in [0.5, 0.6) is 0 Å². The third-order valence-electron chi connectivity index (χ3n) is 2.84. The lowest BCUT2D eigenvalue weighted by molar-refractivity contribution is 1.09. The molecule has 100 valence electrons. The van der Waals surface area contributed by atoms with Gasteiger partial charge in [0.1, 0.15) is 5.03 Å². The minimum absolute atomic E-state index is 0.637. The zero-order valence-corrected chi connectivity index (χ0v) is 13.2. The second-order valence-corrected chi connectivity index (χ2v) is 6.04. The van der Waals surface area contributed by atoms with Gasteiger partial charge in [-0.05, 0) is 34.1 Å². The lowest BCUT2D eigenvalue weighted by atomic mass is 10.2. The number of nitrogens with zero attached hydrogens (tertiary/aromatic N) is 2. The van der Waals surface area contributed by atoms with E-state index in [0.29, 0.717) is 5.95 Å². The van der Waals surface area contributed by atoms with Crippen LogP contribution < -0.4 is 5.32 Å². The topological polar surface area (TPSA) is 37.8 Å². The van der Waals surface area contributed by atoms with Crippen LogP contribution in [0.2, 0.25) is 0 Å². The molecule has 0 aliphatic rings. The van der Waals surface area contributed by atoms with Crippen LogP contribution in [-0.4, -0.2) is 17.0 Å². The number of hydrogen-bond donors (Lipinski definition) is 1. The molecule has 1 aromatic heterocycles. The second-order valence-electron chi connectivity index (χ2n) is 4.15. The van der Waals surface area contributed by atoms with E-state index in [2.05, 4.69) is 37.3 Å². The van der Waals surface area contributed by atoms with E-state index in [4.69, 9.17) is 0 Å². The Balaban J connectivity index is 2.13. The average Bonchev–Trinajstić information content (AvgIpc) is 2.49. The minimum atomic E-state index is 0.637. The predicted molar refractivity (Wildman–Crippen MR) is 87.3 cm³/mol. The molecule has 0 unspecified atom stereocenters. The van der Waals surface area contributed by atoms with E-state index in [-0.39, 0.29) is 0 Å². The molecule has 3 rings (SSSR count). The largest absolute Gasteiger partial charge is 0.357 e. The Labute approximate surface area is 130 Å². The molecular weight excluding hydrogens is 334 g/mol. The summed E-state index contributed by atoms with van der Waals surface area (Å²) >= 11 is 5.21. The molecule has 20 heavy (non-hydrogen) atoms. The molecule has 5 heteroatoms. The standard InChI is InChI=1S/C15H12BrN3S/c1-17-15-18-12-8-4-2-6-10(12)14(19-15)20-13-9-5-3-7-11(13)16/h2-9H,1H3,(H,17,18,19). The number of aromatic nitrogens is 2. The van der Waals surface area contributed by atoms with Crippen LogP contribution in [0, 0.1) is 0 Å². The molecule has 0 fully saturated rings. The smallest absolute Gasteiger partial charge is 0.224 e. The summed E-state index contributed by atoms with van der Waals surface area (Å²) < 4.78 is 1.07. The van der Waals surface area contributed by atoms with Crippen molar-refractivity contribution in [1.29, 1.82) is 0 Å². The van der Waals surface area contributed by atoms with E-state index in [1.165, 1.54) is 0 Å². The van der Waals surface area contributed by atoms with Gasteiger partial charge in [-0.1, -0.05) is 42.1 Å². The van der Waals surface area contributed by atoms with Crippen molar-refractivity contribution in [3.63, 3.8) is 0 Å². The highest BCUT2D eigenvalue weighted by molar-refractivity contribution is 9.10. The van der Waals surface area contributed by atoms with Crippen LogP contribution in [-0.2, 0) is 0 Å². The van der Waals surface area contributed by atoms with Crippen LogP contribution in [0.3, 0.4) is 0 Å². The minimum Gasteiger partial charge on any atom is -0.357 e. The molecule has 0 aliphatic carbocycles. The van der Waals surface area contributed by atoms with Crippen molar-refractivity contribution < 1.29 is 0 Å². The van der Waals surface area contributed by atoms with Crippen molar-refractivity contribution in [3.8, 4) is 0 Å². The Bertz CT molecular complexity index is 761. The maximum absolute atomic E-state index is 4.58. The van der Waals surface area contributed by atoms with Gasteiger partial charge in [0.05, 0.1) is 5.52 Å². The van der Waals surface area contributed by atoms with Crippen LogP contribution in [0.15, 0.2) is 62.9 Å². The Hall–Kier alpha value is -1.59. The highest BCUT2D eigenvalue weighted by Gasteiger charge is 2.09. The first-order valence-corrected chi connectivity index (χ1v) is 7.76. The summed E-state index contributed by atoms with van der Waals surface area (Å²) in [6.07, 6.45) is 0. The molecule has 0 spiro atoms. The fourth-order valence-electron chi connectivity index (χ4n) is 1.87.